The maximum atomic E-state index is 13.5. The fourth-order valence-electron chi connectivity index (χ4n) is 4.24. The third kappa shape index (κ3) is 8.97. The van der Waals surface area contributed by atoms with Crippen LogP contribution < -0.4 is 21.7 Å². The van der Waals surface area contributed by atoms with Gasteiger partial charge in [0.25, 0.3) is 0 Å². The number of fused-ring (bicyclic) bond motifs is 1. The van der Waals surface area contributed by atoms with E-state index in [-0.39, 0.29) is 30.8 Å². The van der Waals surface area contributed by atoms with Gasteiger partial charge in [0.15, 0.2) is 0 Å². The van der Waals surface area contributed by atoms with Gasteiger partial charge in [0.05, 0.1) is 6.04 Å². The predicted octanol–water partition coefficient (Wildman–Crippen LogP) is 0.320. The van der Waals surface area contributed by atoms with Crippen LogP contribution in [0.5, 0.6) is 5.75 Å². The maximum Gasteiger partial charge on any atom is 0.326 e. The van der Waals surface area contributed by atoms with Gasteiger partial charge in [-0.2, -0.15) is 12.6 Å². The molecule has 1 aromatic heterocycles. The van der Waals surface area contributed by atoms with Gasteiger partial charge in [-0.05, 0) is 35.7 Å². The first-order valence-electron chi connectivity index (χ1n) is 13.0. The van der Waals surface area contributed by atoms with Crippen LogP contribution in [-0.4, -0.2) is 79.9 Å². The molecule has 4 atom stereocenters. The second-order valence-electron chi connectivity index (χ2n) is 9.68. The number of aromatic nitrogens is 1. The van der Waals surface area contributed by atoms with Crippen molar-refractivity contribution in [2.45, 2.75) is 49.9 Å². The second-order valence-corrected chi connectivity index (χ2v) is 10.0. The summed E-state index contributed by atoms with van der Waals surface area (Å²) in [5, 5.41) is 36.8. The minimum absolute atomic E-state index is 0.0227. The average molecular weight is 600 g/mol. The van der Waals surface area contributed by atoms with Crippen LogP contribution in [0.15, 0.2) is 54.7 Å². The summed E-state index contributed by atoms with van der Waals surface area (Å²) < 4.78 is 0. The number of H-pyrrole nitrogens is 1. The molecule has 9 N–H and O–H groups in total. The number of aromatic hydroxyl groups is 1. The van der Waals surface area contributed by atoms with Gasteiger partial charge in [-0.3, -0.25) is 19.2 Å². The molecule has 0 radical (unpaired) electrons. The lowest BCUT2D eigenvalue weighted by Crippen LogP contribution is -2.58. The number of carboxylic acids is 2. The lowest BCUT2D eigenvalue weighted by atomic mass is 10.0. The molecule has 14 heteroatoms. The highest BCUT2D eigenvalue weighted by atomic mass is 32.1. The van der Waals surface area contributed by atoms with Crippen molar-refractivity contribution in [1.82, 2.24) is 20.9 Å². The first-order valence-corrected chi connectivity index (χ1v) is 13.7. The number of phenols is 1. The SMILES string of the molecule is NC(CS)C(=O)NC(CCC(=O)O)C(=O)NC(Cc1ccc(O)cc1)C(=O)NC(Cc1c[nH]c2ccccc12)C(=O)O. The fourth-order valence-corrected chi connectivity index (χ4v) is 4.41. The first-order chi connectivity index (χ1) is 20.0. The van der Waals surface area contributed by atoms with Crippen molar-refractivity contribution in [3.05, 3.63) is 65.9 Å². The van der Waals surface area contributed by atoms with Crippen LogP contribution in [0, 0.1) is 0 Å². The number of rotatable bonds is 15. The Labute approximate surface area is 246 Å². The number of hydrogen-bond acceptors (Lipinski definition) is 8. The Hall–Kier alpha value is -4.56. The minimum Gasteiger partial charge on any atom is -0.508 e. The number of carbonyl (C=O) groups is 5. The van der Waals surface area contributed by atoms with E-state index in [1.54, 1.807) is 12.3 Å². The Kier molecular flexibility index (Phi) is 11.3. The Balaban J connectivity index is 1.84. The van der Waals surface area contributed by atoms with Gasteiger partial charge in [0.2, 0.25) is 17.7 Å². The molecule has 3 rings (SSSR count). The maximum absolute atomic E-state index is 13.5. The molecular weight excluding hydrogens is 566 g/mol. The number of amides is 3. The predicted molar refractivity (Wildman–Crippen MR) is 156 cm³/mol. The Bertz CT molecular complexity index is 1430. The molecule has 0 aliphatic heterocycles. The smallest absolute Gasteiger partial charge is 0.326 e. The first kappa shape index (κ1) is 32.0. The van der Waals surface area contributed by atoms with Crippen molar-refractivity contribution < 1.29 is 39.3 Å². The van der Waals surface area contributed by atoms with Crippen LogP contribution in [0.25, 0.3) is 10.9 Å². The van der Waals surface area contributed by atoms with Crippen LogP contribution in [0.4, 0.5) is 0 Å². The van der Waals surface area contributed by atoms with E-state index in [9.17, 15) is 34.2 Å². The van der Waals surface area contributed by atoms with Gasteiger partial charge in [-0.15, -0.1) is 0 Å². The van der Waals surface area contributed by atoms with E-state index in [4.69, 9.17) is 10.8 Å². The Morgan fingerprint density at radius 2 is 1.45 bits per heavy atom. The van der Waals surface area contributed by atoms with Gasteiger partial charge in [0, 0.05) is 42.1 Å². The number of hydrogen-bond donors (Lipinski definition) is 9. The molecule has 0 saturated heterocycles. The molecule has 0 aliphatic carbocycles. The quantitative estimate of drug-likeness (QED) is 0.110. The number of aliphatic carboxylic acids is 2. The second kappa shape index (κ2) is 14.9. The van der Waals surface area contributed by atoms with Crippen molar-refractivity contribution in [1.29, 1.82) is 0 Å². The van der Waals surface area contributed by atoms with E-state index in [1.807, 2.05) is 18.2 Å². The third-order valence-corrected chi connectivity index (χ3v) is 6.93. The van der Waals surface area contributed by atoms with Crippen molar-refractivity contribution in [2.75, 3.05) is 5.75 Å². The van der Waals surface area contributed by atoms with Gasteiger partial charge in [0.1, 0.15) is 23.9 Å². The summed E-state index contributed by atoms with van der Waals surface area (Å²) in [5.74, 6) is -4.98. The molecule has 2 aromatic carbocycles. The summed E-state index contributed by atoms with van der Waals surface area (Å²) in [5.41, 5.74) is 7.67. The van der Waals surface area contributed by atoms with E-state index in [0.717, 1.165) is 10.9 Å². The summed E-state index contributed by atoms with van der Waals surface area (Å²) >= 11 is 3.96. The van der Waals surface area contributed by atoms with Crippen LogP contribution in [0.3, 0.4) is 0 Å². The molecule has 224 valence electrons. The molecule has 3 aromatic rings. The lowest BCUT2D eigenvalue weighted by molar-refractivity contribution is -0.142. The van der Waals surface area contributed by atoms with Crippen LogP contribution in [0.1, 0.15) is 24.0 Å². The largest absolute Gasteiger partial charge is 0.508 e. The number of thiol groups is 1. The highest BCUT2D eigenvalue weighted by molar-refractivity contribution is 7.80. The van der Waals surface area contributed by atoms with Crippen LogP contribution in [-0.2, 0) is 36.8 Å². The molecular formula is C28H33N5O8S. The van der Waals surface area contributed by atoms with E-state index < -0.39 is 60.2 Å². The lowest BCUT2D eigenvalue weighted by Gasteiger charge is -2.25. The van der Waals surface area contributed by atoms with Gasteiger partial charge in [-0.25, -0.2) is 4.79 Å². The van der Waals surface area contributed by atoms with E-state index in [0.29, 0.717) is 11.1 Å². The number of phenolic OH excluding ortho intramolecular Hbond substituents is 1. The van der Waals surface area contributed by atoms with Gasteiger partial charge >= 0.3 is 11.9 Å². The zero-order chi connectivity index (χ0) is 30.8. The van der Waals surface area contributed by atoms with Crippen molar-refractivity contribution >= 4 is 53.2 Å². The van der Waals surface area contributed by atoms with Crippen molar-refractivity contribution in [2.24, 2.45) is 5.73 Å². The molecule has 0 aliphatic rings. The molecule has 4 unspecified atom stereocenters. The van der Waals surface area contributed by atoms with Crippen molar-refractivity contribution in [3.8, 4) is 5.75 Å². The molecule has 1 heterocycles. The number of para-hydroxylation sites is 1. The monoisotopic (exact) mass is 599 g/mol. The van der Waals surface area contributed by atoms with Crippen LogP contribution in [0.2, 0.25) is 0 Å². The van der Waals surface area contributed by atoms with Gasteiger partial charge in [-0.1, -0.05) is 30.3 Å². The van der Waals surface area contributed by atoms with Gasteiger partial charge < -0.3 is 42.0 Å². The molecule has 0 saturated carbocycles. The summed E-state index contributed by atoms with van der Waals surface area (Å²) in [4.78, 5) is 65.5. The molecule has 42 heavy (non-hydrogen) atoms. The number of carboxylic acid groups (broad SMARTS) is 2. The molecule has 0 fully saturated rings. The minimum atomic E-state index is -1.35. The standard InChI is InChI=1S/C28H33N5O8S/c29-19(14-42)25(37)31-21(9-10-24(35)36)26(38)32-22(11-15-5-7-17(34)8-6-15)27(39)33-23(28(40)41)12-16-13-30-20-4-2-1-3-18(16)20/h1-8,13,19,21-23,30,34,42H,9-12,14,29H2,(H,31,37)(H,32,38)(H,33,39)(H,35,36)(H,40,41). The zero-order valence-corrected chi connectivity index (χ0v) is 23.3. The number of carbonyl (C=O) groups excluding carboxylic acids is 3. The number of aromatic amines is 1. The Morgan fingerprint density at radius 1 is 0.833 bits per heavy atom. The highest BCUT2D eigenvalue weighted by Crippen LogP contribution is 2.19. The molecule has 3 amide bonds. The molecule has 0 bridgehead atoms. The topological polar surface area (TPSA) is 224 Å². The number of nitrogens with two attached hydrogens (primary N) is 1. The molecule has 13 nitrogen and oxygen atoms in total. The summed E-state index contributed by atoms with van der Waals surface area (Å²) in [6, 6.07) is 8.02. The van der Waals surface area contributed by atoms with Crippen molar-refractivity contribution in [3.63, 3.8) is 0 Å². The normalized spacial score (nSPS) is 13.9. The summed E-state index contributed by atoms with van der Waals surface area (Å²) in [6.45, 7) is 0. The van der Waals surface area contributed by atoms with Crippen LogP contribution >= 0.6 is 12.6 Å². The summed E-state index contributed by atoms with van der Waals surface area (Å²) in [7, 11) is 0. The number of nitrogens with one attached hydrogen (secondary N) is 4. The Morgan fingerprint density at radius 3 is 2.10 bits per heavy atom. The fraction of sp³-hybridized carbons (Fsp3) is 0.321. The average Bonchev–Trinajstić information content (AvgIpc) is 3.37. The van der Waals surface area contributed by atoms with E-state index in [1.165, 1.54) is 24.3 Å². The molecule has 0 spiro atoms. The highest BCUT2D eigenvalue weighted by Gasteiger charge is 2.31. The summed E-state index contributed by atoms with van der Waals surface area (Å²) in [6.07, 6.45) is 0.748. The third-order valence-electron chi connectivity index (χ3n) is 6.54. The number of benzene rings is 2. The zero-order valence-electron chi connectivity index (χ0n) is 22.4. The van der Waals surface area contributed by atoms with E-state index in [2.05, 4.69) is 33.6 Å². The van der Waals surface area contributed by atoms with E-state index >= 15 is 0 Å².